The van der Waals surface area contributed by atoms with E-state index in [0.29, 0.717) is 17.1 Å². The van der Waals surface area contributed by atoms with Crippen LogP contribution in [-0.2, 0) is 11.2 Å². The number of nitrogens with one attached hydrogen (secondary N) is 2. The highest BCUT2D eigenvalue weighted by Gasteiger charge is 2.23. The molecule has 0 saturated carbocycles. The van der Waals surface area contributed by atoms with E-state index in [1.165, 1.54) is 23.5 Å². The average molecular weight is 378 g/mol. The van der Waals surface area contributed by atoms with E-state index in [4.69, 9.17) is 0 Å². The zero-order valence-electron chi connectivity index (χ0n) is 11.8. The highest BCUT2D eigenvalue weighted by atomic mass is 35.5. The normalized spacial score (nSPS) is 16.9. The van der Waals surface area contributed by atoms with Gasteiger partial charge in [0.1, 0.15) is 11.6 Å². The Morgan fingerprint density at radius 3 is 2.96 bits per heavy atom. The minimum atomic E-state index is -0.597. The predicted octanol–water partition coefficient (Wildman–Crippen LogP) is 3.03. The van der Waals surface area contributed by atoms with E-state index in [1.807, 2.05) is 0 Å². The molecule has 1 aromatic heterocycles. The fourth-order valence-corrected chi connectivity index (χ4v) is 3.84. The molecule has 124 valence electrons. The monoisotopic (exact) mass is 377 g/mol. The van der Waals surface area contributed by atoms with Gasteiger partial charge in [0.15, 0.2) is 5.13 Å². The second kappa shape index (κ2) is 8.05. The number of nitrogens with zero attached hydrogens (tertiary/aromatic N) is 1. The van der Waals surface area contributed by atoms with Gasteiger partial charge in [-0.25, -0.2) is 13.8 Å². The smallest absolute Gasteiger partial charge is 0.244 e. The van der Waals surface area contributed by atoms with Crippen molar-refractivity contribution in [1.82, 2.24) is 10.3 Å². The Kier molecular flexibility index (Phi) is 6.34. The summed E-state index contributed by atoms with van der Waals surface area (Å²) in [7, 11) is 0. The Balaban J connectivity index is 0.00000192. The molecule has 0 aliphatic carbocycles. The molecular weight excluding hydrogens is 364 g/mol. The Morgan fingerprint density at radius 1 is 1.43 bits per heavy atom. The second-order valence-corrected chi connectivity index (χ2v) is 6.95. The lowest BCUT2D eigenvalue weighted by molar-refractivity contribution is -0.117. The maximum atomic E-state index is 13.6. The minimum Gasteiger partial charge on any atom is -0.301 e. The standard InChI is InChI=1S/C14H13F2N3OS2.ClH/c15-9-2-1-8(11(16)4-9)3-10-5-17-14(22-10)19-13(20)12-6-21-7-18-12;/h1-2,4-5,12,18H,3,6-7H2,(H,17,19,20);1H. The Labute approximate surface area is 146 Å². The van der Waals surface area contributed by atoms with Crippen molar-refractivity contribution in [2.24, 2.45) is 0 Å². The predicted molar refractivity (Wildman–Crippen MR) is 91.4 cm³/mol. The fraction of sp³-hybridized carbons (Fsp3) is 0.286. The van der Waals surface area contributed by atoms with E-state index in [-0.39, 0.29) is 24.4 Å². The number of anilines is 1. The summed E-state index contributed by atoms with van der Waals surface area (Å²) >= 11 is 2.96. The molecule has 2 aromatic rings. The first-order valence-electron chi connectivity index (χ1n) is 6.62. The zero-order valence-corrected chi connectivity index (χ0v) is 14.3. The lowest BCUT2D eigenvalue weighted by atomic mass is 10.1. The van der Waals surface area contributed by atoms with Gasteiger partial charge in [-0.2, -0.15) is 0 Å². The van der Waals surface area contributed by atoms with E-state index >= 15 is 0 Å². The quantitative estimate of drug-likeness (QED) is 0.860. The Hall–Kier alpha value is -1.22. The number of carbonyl (C=O) groups is 1. The highest BCUT2D eigenvalue weighted by Crippen LogP contribution is 2.23. The first-order chi connectivity index (χ1) is 10.6. The van der Waals surface area contributed by atoms with Crippen molar-refractivity contribution < 1.29 is 13.6 Å². The molecule has 1 amide bonds. The maximum Gasteiger partial charge on any atom is 0.244 e. The number of carbonyl (C=O) groups excluding carboxylic acids is 1. The van der Waals surface area contributed by atoms with Crippen LogP contribution in [0.2, 0.25) is 0 Å². The van der Waals surface area contributed by atoms with Gasteiger partial charge >= 0.3 is 0 Å². The van der Waals surface area contributed by atoms with Crippen molar-refractivity contribution in [1.29, 1.82) is 0 Å². The van der Waals surface area contributed by atoms with Crippen LogP contribution in [-0.4, -0.2) is 28.6 Å². The SMILES string of the molecule is Cl.O=C(Nc1ncc(Cc2ccc(F)cc2F)s1)C1CSCN1. The molecule has 4 nitrogen and oxygen atoms in total. The van der Waals surface area contributed by atoms with Crippen molar-refractivity contribution in [3.8, 4) is 0 Å². The van der Waals surface area contributed by atoms with Crippen LogP contribution >= 0.6 is 35.5 Å². The molecule has 0 spiro atoms. The van der Waals surface area contributed by atoms with Crippen LogP contribution in [0.25, 0.3) is 0 Å². The van der Waals surface area contributed by atoms with E-state index in [2.05, 4.69) is 15.6 Å². The maximum absolute atomic E-state index is 13.6. The molecule has 23 heavy (non-hydrogen) atoms. The van der Waals surface area contributed by atoms with Crippen LogP contribution in [0.15, 0.2) is 24.4 Å². The zero-order chi connectivity index (χ0) is 15.5. The average Bonchev–Trinajstić information content (AvgIpc) is 3.13. The molecule has 1 fully saturated rings. The molecule has 9 heteroatoms. The van der Waals surface area contributed by atoms with Crippen LogP contribution in [0.4, 0.5) is 13.9 Å². The number of aromatic nitrogens is 1. The summed E-state index contributed by atoms with van der Waals surface area (Å²) in [6, 6.07) is 3.31. The molecule has 0 bridgehead atoms. The first-order valence-corrected chi connectivity index (χ1v) is 8.59. The summed E-state index contributed by atoms with van der Waals surface area (Å²) in [6.07, 6.45) is 1.91. The molecule has 2 N–H and O–H groups in total. The van der Waals surface area contributed by atoms with Gasteiger partial charge in [-0.3, -0.25) is 10.1 Å². The number of thiazole rings is 1. The number of hydrogen-bond donors (Lipinski definition) is 2. The summed E-state index contributed by atoms with van der Waals surface area (Å²) in [5.74, 6) is 0.223. The molecule has 1 aliphatic heterocycles. The number of thioether (sulfide) groups is 1. The largest absolute Gasteiger partial charge is 0.301 e. The van der Waals surface area contributed by atoms with Crippen molar-refractivity contribution in [3.63, 3.8) is 0 Å². The number of rotatable bonds is 4. The molecular formula is C14H14ClF2N3OS2. The van der Waals surface area contributed by atoms with Crippen molar-refractivity contribution in [2.45, 2.75) is 12.5 Å². The van der Waals surface area contributed by atoms with Gasteiger partial charge in [0.25, 0.3) is 0 Å². The lowest BCUT2D eigenvalue weighted by Gasteiger charge is -2.07. The van der Waals surface area contributed by atoms with E-state index in [1.54, 1.807) is 18.0 Å². The van der Waals surface area contributed by atoms with E-state index < -0.39 is 11.6 Å². The van der Waals surface area contributed by atoms with Gasteiger partial charge in [0, 0.05) is 35.2 Å². The van der Waals surface area contributed by atoms with Crippen molar-refractivity contribution in [2.75, 3.05) is 16.9 Å². The van der Waals surface area contributed by atoms with Gasteiger partial charge in [-0.1, -0.05) is 6.07 Å². The minimum absolute atomic E-state index is 0. The van der Waals surface area contributed by atoms with Crippen LogP contribution < -0.4 is 10.6 Å². The lowest BCUT2D eigenvalue weighted by Crippen LogP contribution is -2.37. The molecule has 1 aliphatic rings. The molecule has 1 saturated heterocycles. The van der Waals surface area contributed by atoms with Gasteiger partial charge in [0.05, 0.1) is 6.04 Å². The second-order valence-electron chi connectivity index (χ2n) is 4.81. The van der Waals surface area contributed by atoms with Crippen LogP contribution in [0.1, 0.15) is 10.4 Å². The summed E-state index contributed by atoms with van der Waals surface area (Å²) in [5.41, 5.74) is 0.400. The van der Waals surface area contributed by atoms with E-state index in [0.717, 1.165) is 22.6 Å². The van der Waals surface area contributed by atoms with Crippen LogP contribution in [0.3, 0.4) is 0 Å². The van der Waals surface area contributed by atoms with Crippen molar-refractivity contribution in [3.05, 3.63) is 46.5 Å². The Bertz CT molecular complexity index is 692. The topological polar surface area (TPSA) is 54.0 Å². The summed E-state index contributed by atoms with van der Waals surface area (Å²) < 4.78 is 26.5. The summed E-state index contributed by atoms with van der Waals surface area (Å²) in [4.78, 5) is 16.9. The number of hydrogen-bond acceptors (Lipinski definition) is 5. The third-order valence-electron chi connectivity index (χ3n) is 3.20. The van der Waals surface area contributed by atoms with Crippen molar-refractivity contribution >= 4 is 46.5 Å². The molecule has 1 unspecified atom stereocenters. The van der Waals surface area contributed by atoms with Gasteiger partial charge in [-0.15, -0.1) is 35.5 Å². The number of halogens is 3. The molecule has 1 aromatic carbocycles. The van der Waals surface area contributed by atoms with E-state index in [9.17, 15) is 13.6 Å². The summed E-state index contributed by atoms with van der Waals surface area (Å²) in [6.45, 7) is 0. The molecule has 1 atom stereocenters. The summed E-state index contributed by atoms with van der Waals surface area (Å²) in [5, 5.41) is 6.32. The van der Waals surface area contributed by atoms with Gasteiger partial charge in [0.2, 0.25) is 5.91 Å². The van der Waals surface area contributed by atoms with Crippen LogP contribution in [0, 0.1) is 11.6 Å². The number of benzene rings is 1. The first kappa shape index (κ1) is 18.1. The highest BCUT2D eigenvalue weighted by molar-refractivity contribution is 7.99. The third-order valence-corrected chi connectivity index (χ3v) is 5.05. The molecule has 2 heterocycles. The van der Waals surface area contributed by atoms with Gasteiger partial charge < -0.3 is 5.32 Å². The van der Waals surface area contributed by atoms with Crippen LogP contribution in [0.5, 0.6) is 0 Å². The third kappa shape index (κ3) is 4.63. The number of amides is 1. The fourth-order valence-electron chi connectivity index (χ4n) is 2.06. The van der Waals surface area contributed by atoms with Gasteiger partial charge in [-0.05, 0) is 11.6 Å². The molecule has 0 radical (unpaired) electrons. The Morgan fingerprint density at radius 2 is 2.26 bits per heavy atom. The molecule has 3 rings (SSSR count).